The van der Waals surface area contributed by atoms with E-state index in [1.807, 2.05) is 0 Å². The first-order valence-corrected chi connectivity index (χ1v) is 5.21. The lowest BCUT2D eigenvalue weighted by Crippen LogP contribution is -2.20. The first kappa shape index (κ1) is 12.1. The van der Waals surface area contributed by atoms with E-state index in [1.54, 1.807) is 19.2 Å². The van der Waals surface area contributed by atoms with Gasteiger partial charge in [0.1, 0.15) is 11.3 Å². The lowest BCUT2D eigenvalue weighted by atomic mass is 10.2. The quantitative estimate of drug-likeness (QED) is 0.900. The predicted molar refractivity (Wildman–Crippen MR) is 62.0 cm³/mol. The number of rotatable bonds is 4. The molecule has 0 fully saturated rings. The van der Waals surface area contributed by atoms with E-state index in [1.165, 1.54) is 17.4 Å². The summed E-state index contributed by atoms with van der Waals surface area (Å²) < 4.78 is 19.0. The van der Waals surface area contributed by atoms with Gasteiger partial charge < -0.3 is 14.4 Å². The van der Waals surface area contributed by atoms with Crippen molar-refractivity contribution in [2.24, 2.45) is 0 Å². The van der Waals surface area contributed by atoms with E-state index in [0.717, 1.165) is 6.07 Å². The van der Waals surface area contributed by atoms with E-state index < -0.39 is 17.3 Å². The monoisotopic (exact) mass is 250 g/mol. The van der Waals surface area contributed by atoms with Crippen LogP contribution in [0.1, 0.15) is 16.1 Å². The third-order valence-corrected chi connectivity index (χ3v) is 2.44. The number of carboxylic acids is 1. The van der Waals surface area contributed by atoms with Gasteiger partial charge >= 0.3 is 5.97 Å². The molecule has 0 aliphatic heterocycles. The van der Waals surface area contributed by atoms with Crippen molar-refractivity contribution in [1.29, 1.82) is 0 Å². The summed E-state index contributed by atoms with van der Waals surface area (Å²) in [5.74, 6) is -1.55. The number of halogens is 1. The van der Waals surface area contributed by atoms with Gasteiger partial charge in [0.25, 0.3) is 0 Å². The minimum absolute atomic E-state index is 0.0219. The number of hydrogen-bond donors (Lipinski definition) is 1. The molecule has 0 spiro atoms. The maximum absolute atomic E-state index is 13.9. The van der Waals surface area contributed by atoms with Crippen LogP contribution in [0.25, 0.3) is 0 Å². The molecule has 0 bridgehead atoms. The van der Waals surface area contributed by atoms with E-state index in [9.17, 15) is 9.18 Å². The molecule has 0 amide bonds. The highest BCUT2D eigenvalue weighted by atomic mass is 19.1. The molecule has 5 nitrogen and oxygen atoms in total. The molecule has 0 unspecified atom stereocenters. The number of nitrogens with zero attached hydrogens (tertiary/aromatic N) is 2. The van der Waals surface area contributed by atoms with Crippen LogP contribution in [0, 0.1) is 5.82 Å². The number of aromatic carboxylic acids is 1. The fourth-order valence-corrected chi connectivity index (χ4v) is 1.58. The lowest BCUT2D eigenvalue weighted by molar-refractivity contribution is 0.0692. The van der Waals surface area contributed by atoms with Gasteiger partial charge in [-0.1, -0.05) is 0 Å². The average molecular weight is 250 g/mol. The maximum Gasteiger partial charge on any atom is 0.338 e. The maximum atomic E-state index is 13.9. The van der Waals surface area contributed by atoms with Crippen LogP contribution in [0.2, 0.25) is 0 Å². The second-order valence-corrected chi connectivity index (χ2v) is 3.74. The smallest absolute Gasteiger partial charge is 0.338 e. The summed E-state index contributed by atoms with van der Waals surface area (Å²) in [4.78, 5) is 16.1. The van der Waals surface area contributed by atoms with Crippen LogP contribution in [0.15, 0.2) is 35.1 Å². The molecule has 0 radical (unpaired) electrons. The number of carboxylic acid groups (broad SMARTS) is 1. The summed E-state index contributed by atoms with van der Waals surface area (Å²) in [7, 11) is 1.61. The van der Waals surface area contributed by atoms with Crippen molar-refractivity contribution in [3.05, 3.63) is 47.8 Å². The Morgan fingerprint density at radius 2 is 2.33 bits per heavy atom. The van der Waals surface area contributed by atoms with Crippen LogP contribution in [-0.2, 0) is 6.54 Å². The molecule has 2 aromatic heterocycles. The van der Waals surface area contributed by atoms with Gasteiger partial charge in [-0.15, -0.1) is 0 Å². The Morgan fingerprint density at radius 3 is 2.94 bits per heavy atom. The lowest BCUT2D eigenvalue weighted by Gasteiger charge is -2.17. The molecular formula is C12H11FN2O3. The van der Waals surface area contributed by atoms with Gasteiger partial charge in [0.15, 0.2) is 11.6 Å². The zero-order chi connectivity index (χ0) is 13.1. The largest absolute Gasteiger partial charge is 0.478 e. The molecule has 0 aromatic carbocycles. The second-order valence-electron chi connectivity index (χ2n) is 3.74. The van der Waals surface area contributed by atoms with Gasteiger partial charge in [0.05, 0.1) is 12.8 Å². The molecule has 0 saturated carbocycles. The summed E-state index contributed by atoms with van der Waals surface area (Å²) in [6.07, 6.45) is 2.78. The van der Waals surface area contributed by atoms with Crippen molar-refractivity contribution in [3.63, 3.8) is 0 Å². The molecule has 0 aliphatic carbocycles. The SMILES string of the molecule is CN(Cc1ccco1)c1nccc(C(=O)O)c1F. The van der Waals surface area contributed by atoms with Crippen LogP contribution in [0.4, 0.5) is 10.2 Å². The van der Waals surface area contributed by atoms with Gasteiger partial charge in [-0.3, -0.25) is 0 Å². The molecular weight excluding hydrogens is 239 g/mol. The predicted octanol–water partition coefficient (Wildman–Crippen LogP) is 2.15. The second kappa shape index (κ2) is 4.87. The van der Waals surface area contributed by atoms with E-state index in [-0.39, 0.29) is 5.82 Å². The number of pyridine rings is 1. The van der Waals surface area contributed by atoms with Crippen molar-refractivity contribution >= 4 is 11.8 Å². The van der Waals surface area contributed by atoms with Crippen molar-refractivity contribution in [2.45, 2.75) is 6.54 Å². The van der Waals surface area contributed by atoms with Crippen LogP contribution in [0.3, 0.4) is 0 Å². The van der Waals surface area contributed by atoms with Gasteiger partial charge in [0.2, 0.25) is 0 Å². The van der Waals surface area contributed by atoms with Gasteiger partial charge in [-0.25, -0.2) is 14.2 Å². The molecule has 0 atom stereocenters. The molecule has 18 heavy (non-hydrogen) atoms. The Bertz CT molecular complexity index is 554. The number of hydrogen-bond acceptors (Lipinski definition) is 4. The first-order chi connectivity index (χ1) is 8.59. The molecule has 6 heteroatoms. The topological polar surface area (TPSA) is 66.6 Å². The van der Waals surface area contributed by atoms with Gasteiger partial charge in [-0.2, -0.15) is 0 Å². The third kappa shape index (κ3) is 2.32. The fraction of sp³-hybridized carbons (Fsp3) is 0.167. The van der Waals surface area contributed by atoms with Crippen molar-refractivity contribution in [3.8, 4) is 0 Å². The Balaban J connectivity index is 2.27. The summed E-state index contributed by atoms with van der Waals surface area (Å²) in [6, 6.07) is 4.60. The summed E-state index contributed by atoms with van der Waals surface area (Å²) in [5.41, 5.74) is -0.397. The molecule has 2 rings (SSSR count). The van der Waals surface area contributed by atoms with Crippen LogP contribution >= 0.6 is 0 Å². The third-order valence-electron chi connectivity index (χ3n) is 2.44. The zero-order valence-electron chi connectivity index (χ0n) is 9.63. The minimum Gasteiger partial charge on any atom is -0.478 e. The number of anilines is 1. The minimum atomic E-state index is -1.32. The van der Waals surface area contributed by atoms with E-state index in [2.05, 4.69) is 4.98 Å². The van der Waals surface area contributed by atoms with Gasteiger partial charge in [-0.05, 0) is 18.2 Å². The summed E-state index contributed by atoms with van der Waals surface area (Å²) in [5, 5.41) is 8.82. The van der Waals surface area contributed by atoms with E-state index >= 15 is 0 Å². The van der Waals surface area contributed by atoms with Crippen LogP contribution in [0.5, 0.6) is 0 Å². The number of furan rings is 1. The highest BCUT2D eigenvalue weighted by molar-refractivity contribution is 5.88. The van der Waals surface area contributed by atoms with Crippen molar-refractivity contribution < 1.29 is 18.7 Å². The van der Waals surface area contributed by atoms with Gasteiger partial charge in [0, 0.05) is 13.2 Å². The first-order valence-electron chi connectivity index (χ1n) is 5.21. The molecule has 0 aliphatic rings. The average Bonchev–Trinajstić information content (AvgIpc) is 2.81. The van der Waals surface area contributed by atoms with Crippen LogP contribution in [-0.4, -0.2) is 23.1 Å². The summed E-state index contributed by atoms with van der Waals surface area (Å²) >= 11 is 0. The molecule has 94 valence electrons. The molecule has 1 N–H and O–H groups in total. The van der Waals surface area contributed by atoms with Crippen molar-refractivity contribution in [2.75, 3.05) is 11.9 Å². The van der Waals surface area contributed by atoms with E-state index in [0.29, 0.717) is 12.3 Å². The number of aromatic nitrogens is 1. The van der Waals surface area contributed by atoms with Crippen molar-refractivity contribution in [1.82, 2.24) is 4.98 Å². The Kier molecular flexibility index (Phi) is 3.27. The zero-order valence-corrected chi connectivity index (χ0v) is 9.63. The molecule has 2 aromatic rings. The Morgan fingerprint density at radius 1 is 1.56 bits per heavy atom. The highest BCUT2D eigenvalue weighted by Gasteiger charge is 2.18. The standard InChI is InChI=1S/C12H11FN2O3/c1-15(7-8-3-2-6-18-8)11-10(13)9(12(16)17)4-5-14-11/h2-6H,7H2,1H3,(H,16,17). The fourth-order valence-electron chi connectivity index (χ4n) is 1.58. The van der Waals surface area contributed by atoms with E-state index in [4.69, 9.17) is 9.52 Å². The Labute approximate surface area is 102 Å². The summed E-state index contributed by atoms with van der Waals surface area (Å²) in [6.45, 7) is 0.306. The highest BCUT2D eigenvalue weighted by Crippen LogP contribution is 2.20. The number of carbonyl (C=O) groups is 1. The molecule has 2 heterocycles. The normalized spacial score (nSPS) is 10.3. The Hall–Kier alpha value is -2.37. The van der Waals surface area contributed by atoms with Crippen LogP contribution < -0.4 is 4.90 Å². The molecule has 0 saturated heterocycles.